The maximum absolute atomic E-state index is 13.3. The highest BCUT2D eigenvalue weighted by molar-refractivity contribution is 5.83. The number of aromatic nitrogens is 2. The van der Waals surface area contributed by atoms with E-state index < -0.39 is 5.41 Å². The molecule has 2 aromatic rings. The van der Waals surface area contributed by atoms with Crippen LogP contribution in [-0.2, 0) is 29.4 Å². The van der Waals surface area contributed by atoms with E-state index in [1.807, 2.05) is 34.8 Å². The Bertz CT molecular complexity index is 810. The molecule has 6 heteroatoms. The number of carbonyl (C=O) groups excluding carboxylic acids is 1. The van der Waals surface area contributed by atoms with Crippen molar-refractivity contribution in [3.63, 3.8) is 0 Å². The first kappa shape index (κ1) is 18.2. The Labute approximate surface area is 159 Å². The lowest BCUT2D eigenvalue weighted by atomic mass is 9.79. The lowest BCUT2D eigenvalue weighted by molar-refractivity contribution is -0.151. The monoisotopic (exact) mass is 369 g/mol. The number of carbonyl (C=O) groups is 1. The first-order chi connectivity index (χ1) is 13.1. The molecule has 0 atom stereocenters. The van der Waals surface area contributed by atoms with E-state index in [9.17, 15) is 9.90 Å². The molecule has 2 aliphatic rings. The number of ether oxygens (including phenoxy) is 1. The smallest absolute Gasteiger partial charge is 0.231 e. The number of hydrogen-bond donors (Lipinski definition) is 1. The molecule has 1 fully saturated rings. The van der Waals surface area contributed by atoms with Gasteiger partial charge in [0.15, 0.2) is 0 Å². The Morgan fingerprint density at radius 2 is 1.89 bits per heavy atom. The fourth-order valence-corrected chi connectivity index (χ4v) is 4.35. The largest absolute Gasteiger partial charge is 0.395 e. The molecule has 1 amide bonds. The fourth-order valence-electron chi connectivity index (χ4n) is 4.35. The molecule has 1 N–H and O–H groups in total. The van der Waals surface area contributed by atoms with Crippen LogP contribution in [0.4, 0.5) is 0 Å². The van der Waals surface area contributed by atoms with Crippen LogP contribution in [0.2, 0.25) is 0 Å². The molecule has 144 valence electrons. The average molecular weight is 369 g/mol. The fraction of sp³-hybridized carbons (Fsp3) is 0.524. The van der Waals surface area contributed by atoms with Crippen molar-refractivity contribution in [2.75, 3.05) is 32.9 Å². The molecule has 6 nitrogen and oxygen atoms in total. The van der Waals surface area contributed by atoms with E-state index in [-0.39, 0.29) is 12.5 Å². The Hall–Kier alpha value is -2.18. The van der Waals surface area contributed by atoms with Crippen LogP contribution < -0.4 is 0 Å². The van der Waals surface area contributed by atoms with E-state index in [4.69, 9.17) is 9.84 Å². The lowest BCUT2D eigenvalue weighted by Gasteiger charge is -2.38. The highest BCUT2D eigenvalue weighted by Crippen LogP contribution is 2.34. The van der Waals surface area contributed by atoms with Crippen molar-refractivity contribution < 1.29 is 14.6 Å². The van der Waals surface area contributed by atoms with Gasteiger partial charge in [-0.05, 0) is 19.3 Å². The Kier molecular flexibility index (Phi) is 5.02. The summed E-state index contributed by atoms with van der Waals surface area (Å²) in [5.41, 5.74) is 3.91. The second-order valence-electron chi connectivity index (χ2n) is 7.61. The summed E-state index contributed by atoms with van der Waals surface area (Å²) in [5, 5.41) is 14.7. The Morgan fingerprint density at radius 3 is 2.59 bits per heavy atom. The summed E-state index contributed by atoms with van der Waals surface area (Å²) >= 11 is 0. The molecule has 27 heavy (non-hydrogen) atoms. The second-order valence-corrected chi connectivity index (χ2v) is 7.61. The minimum absolute atomic E-state index is 0.0790. The van der Waals surface area contributed by atoms with E-state index in [0.29, 0.717) is 39.1 Å². The van der Waals surface area contributed by atoms with Gasteiger partial charge < -0.3 is 14.7 Å². The van der Waals surface area contributed by atoms with Crippen molar-refractivity contribution in [3.05, 3.63) is 41.6 Å². The minimum Gasteiger partial charge on any atom is -0.395 e. The van der Waals surface area contributed by atoms with Gasteiger partial charge in [-0.15, -0.1) is 0 Å². The molecule has 1 saturated heterocycles. The number of rotatable bonds is 3. The number of aryl methyl sites for hydroxylation is 1. The van der Waals surface area contributed by atoms with Gasteiger partial charge in [0.2, 0.25) is 5.91 Å². The zero-order valence-corrected chi connectivity index (χ0v) is 15.9. The molecule has 1 aromatic carbocycles. The molecular formula is C21H27N3O3. The standard InChI is InChI=1S/C21H27N3O3/c1-23-18-8-12-24(20(26)21(15-25)9-13-27-14-10-21)11-7-17(18)19(22-23)16-5-3-2-4-6-16/h2-6,25H,7-15H2,1H3. The summed E-state index contributed by atoms with van der Waals surface area (Å²) in [6.07, 6.45) is 2.78. The van der Waals surface area contributed by atoms with Crippen LogP contribution in [0.1, 0.15) is 24.1 Å². The van der Waals surface area contributed by atoms with Gasteiger partial charge in [0, 0.05) is 56.6 Å². The minimum atomic E-state index is -0.671. The molecule has 1 aromatic heterocycles. The van der Waals surface area contributed by atoms with E-state index in [1.54, 1.807) is 0 Å². The predicted molar refractivity (Wildman–Crippen MR) is 102 cm³/mol. The number of aliphatic hydroxyl groups is 1. The van der Waals surface area contributed by atoms with Crippen molar-refractivity contribution in [3.8, 4) is 11.3 Å². The molecule has 2 aliphatic heterocycles. The normalized spacial score (nSPS) is 19.4. The van der Waals surface area contributed by atoms with Gasteiger partial charge in [-0.3, -0.25) is 9.48 Å². The number of aliphatic hydroxyl groups excluding tert-OH is 1. The van der Waals surface area contributed by atoms with Gasteiger partial charge in [-0.1, -0.05) is 30.3 Å². The maximum Gasteiger partial charge on any atom is 0.231 e. The highest BCUT2D eigenvalue weighted by Gasteiger charge is 2.42. The van der Waals surface area contributed by atoms with Gasteiger partial charge in [0.25, 0.3) is 0 Å². The zero-order valence-electron chi connectivity index (χ0n) is 15.9. The molecule has 0 unspecified atom stereocenters. The van der Waals surface area contributed by atoms with Crippen LogP contribution in [0.15, 0.2) is 30.3 Å². The van der Waals surface area contributed by atoms with Gasteiger partial charge in [-0.25, -0.2) is 0 Å². The summed E-state index contributed by atoms with van der Waals surface area (Å²) in [7, 11) is 1.98. The van der Waals surface area contributed by atoms with Crippen molar-refractivity contribution >= 4 is 5.91 Å². The molecule has 0 spiro atoms. The van der Waals surface area contributed by atoms with E-state index in [1.165, 1.54) is 11.3 Å². The van der Waals surface area contributed by atoms with E-state index in [2.05, 4.69) is 12.1 Å². The van der Waals surface area contributed by atoms with Gasteiger partial charge in [0.05, 0.1) is 17.7 Å². The SMILES string of the molecule is Cn1nc(-c2ccccc2)c2c1CCN(C(=O)C1(CO)CCOCC1)CC2. The summed E-state index contributed by atoms with van der Waals surface area (Å²) in [5.74, 6) is 0.0790. The third-order valence-electron chi connectivity index (χ3n) is 6.07. The number of benzene rings is 1. The van der Waals surface area contributed by atoms with Crippen LogP contribution in [0.3, 0.4) is 0 Å². The lowest BCUT2D eigenvalue weighted by Crippen LogP contribution is -2.49. The average Bonchev–Trinajstić information content (AvgIpc) is 2.90. The van der Waals surface area contributed by atoms with Crippen LogP contribution in [-0.4, -0.2) is 58.6 Å². The molecule has 0 saturated carbocycles. The molecular weight excluding hydrogens is 342 g/mol. The topological polar surface area (TPSA) is 67.6 Å². The summed E-state index contributed by atoms with van der Waals surface area (Å²) in [6.45, 7) is 2.32. The molecule has 0 radical (unpaired) electrons. The molecule has 4 rings (SSSR count). The van der Waals surface area contributed by atoms with Gasteiger partial charge in [0.1, 0.15) is 0 Å². The number of amides is 1. The van der Waals surface area contributed by atoms with Crippen LogP contribution >= 0.6 is 0 Å². The molecule has 3 heterocycles. The van der Waals surface area contributed by atoms with Gasteiger partial charge >= 0.3 is 0 Å². The van der Waals surface area contributed by atoms with Crippen LogP contribution in [0, 0.1) is 5.41 Å². The zero-order chi connectivity index (χ0) is 18.9. The molecule has 0 bridgehead atoms. The molecule has 0 aliphatic carbocycles. The summed E-state index contributed by atoms with van der Waals surface area (Å²) in [4.78, 5) is 15.2. The van der Waals surface area contributed by atoms with Crippen molar-refractivity contribution in [2.24, 2.45) is 12.5 Å². The van der Waals surface area contributed by atoms with E-state index >= 15 is 0 Å². The van der Waals surface area contributed by atoms with Crippen molar-refractivity contribution in [1.82, 2.24) is 14.7 Å². The van der Waals surface area contributed by atoms with Crippen molar-refractivity contribution in [1.29, 1.82) is 0 Å². The number of fused-ring (bicyclic) bond motifs is 1. The summed E-state index contributed by atoms with van der Waals surface area (Å²) < 4.78 is 7.37. The van der Waals surface area contributed by atoms with Crippen molar-refractivity contribution in [2.45, 2.75) is 25.7 Å². The second kappa shape index (κ2) is 7.44. The third kappa shape index (κ3) is 3.28. The first-order valence-corrected chi connectivity index (χ1v) is 9.73. The first-order valence-electron chi connectivity index (χ1n) is 9.73. The maximum atomic E-state index is 13.3. The summed E-state index contributed by atoms with van der Waals surface area (Å²) in [6, 6.07) is 10.2. The highest BCUT2D eigenvalue weighted by atomic mass is 16.5. The third-order valence-corrected chi connectivity index (χ3v) is 6.07. The van der Waals surface area contributed by atoms with Crippen LogP contribution in [0.5, 0.6) is 0 Å². The van der Waals surface area contributed by atoms with Crippen LogP contribution in [0.25, 0.3) is 11.3 Å². The number of hydrogen-bond acceptors (Lipinski definition) is 4. The quantitative estimate of drug-likeness (QED) is 0.896. The number of nitrogens with zero attached hydrogens (tertiary/aromatic N) is 3. The Morgan fingerprint density at radius 1 is 1.19 bits per heavy atom. The Balaban J connectivity index is 1.58. The van der Waals surface area contributed by atoms with Gasteiger partial charge in [-0.2, -0.15) is 5.10 Å². The predicted octanol–water partition coefficient (Wildman–Crippen LogP) is 1.80. The van der Waals surface area contributed by atoms with E-state index in [0.717, 1.165) is 24.1 Å².